The fraction of sp³-hybridized carbons (Fsp3) is 0.200. The molecule has 0 atom stereocenters. The number of hydrogen-bond acceptors (Lipinski definition) is 4. The van der Waals surface area contributed by atoms with Crippen LogP contribution in [0.25, 0.3) is 5.69 Å². The molecule has 0 aliphatic carbocycles. The van der Waals surface area contributed by atoms with Crippen molar-refractivity contribution in [1.29, 1.82) is 5.26 Å². The topological polar surface area (TPSA) is 64.2 Å². The van der Waals surface area contributed by atoms with Crippen LogP contribution in [0, 0.1) is 18.3 Å². The summed E-state index contributed by atoms with van der Waals surface area (Å²) >= 11 is 0. The summed E-state index contributed by atoms with van der Waals surface area (Å²) in [7, 11) is 3.08. The SMILES string of the molecule is COc1ccc(OC)c(-n2c(C)ccc(C#N)c2=O)c1. The minimum absolute atomic E-state index is 0.0838. The Balaban J connectivity index is 2.80. The molecule has 0 saturated heterocycles. The van der Waals surface area contributed by atoms with Gasteiger partial charge in [0.2, 0.25) is 0 Å². The number of pyridine rings is 1. The molecule has 0 fully saturated rings. The van der Waals surface area contributed by atoms with Gasteiger partial charge in [0.1, 0.15) is 23.1 Å². The van der Waals surface area contributed by atoms with Crippen LogP contribution in [0.3, 0.4) is 0 Å². The summed E-state index contributed by atoms with van der Waals surface area (Å²) < 4.78 is 11.9. The summed E-state index contributed by atoms with van der Waals surface area (Å²) in [5.74, 6) is 1.14. The number of hydrogen-bond donors (Lipinski definition) is 0. The van der Waals surface area contributed by atoms with Crippen molar-refractivity contribution in [3.8, 4) is 23.3 Å². The standard InChI is InChI=1S/C15H14N2O3/c1-10-4-5-11(9-16)15(18)17(10)13-8-12(19-2)6-7-14(13)20-3/h4-8H,1-3H3. The summed E-state index contributed by atoms with van der Waals surface area (Å²) in [6.07, 6.45) is 0. The number of nitrogens with zero attached hydrogens (tertiary/aromatic N) is 2. The van der Waals surface area contributed by atoms with E-state index in [4.69, 9.17) is 14.7 Å². The molecule has 0 aliphatic rings. The van der Waals surface area contributed by atoms with Gasteiger partial charge in [-0.3, -0.25) is 9.36 Å². The Morgan fingerprint density at radius 1 is 1.15 bits per heavy atom. The van der Waals surface area contributed by atoms with Gasteiger partial charge in [-0.2, -0.15) is 5.26 Å². The quantitative estimate of drug-likeness (QED) is 0.856. The van der Waals surface area contributed by atoms with E-state index in [1.165, 1.54) is 17.7 Å². The number of aryl methyl sites for hydroxylation is 1. The molecule has 2 rings (SSSR count). The lowest BCUT2D eigenvalue weighted by Crippen LogP contribution is -2.23. The van der Waals surface area contributed by atoms with Gasteiger partial charge in [-0.15, -0.1) is 0 Å². The molecule has 1 aromatic carbocycles. The lowest BCUT2D eigenvalue weighted by molar-refractivity contribution is 0.401. The van der Waals surface area contributed by atoms with Crippen molar-refractivity contribution in [1.82, 2.24) is 4.57 Å². The van der Waals surface area contributed by atoms with Crippen molar-refractivity contribution in [3.63, 3.8) is 0 Å². The van der Waals surface area contributed by atoms with Gasteiger partial charge in [-0.1, -0.05) is 0 Å². The highest BCUT2D eigenvalue weighted by Crippen LogP contribution is 2.27. The van der Waals surface area contributed by atoms with E-state index in [1.807, 2.05) is 6.07 Å². The Bertz CT molecular complexity index is 742. The van der Waals surface area contributed by atoms with Gasteiger partial charge in [0.15, 0.2) is 0 Å². The van der Waals surface area contributed by atoms with E-state index in [1.54, 1.807) is 38.3 Å². The third kappa shape index (κ3) is 2.24. The zero-order chi connectivity index (χ0) is 14.7. The molecular weight excluding hydrogens is 256 g/mol. The van der Waals surface area contributed by atoms with Gasteiger partial charge in [0.25, 0.3) is 5.56 Å². The van der Waals surface area contributed by atoms with Gasteiger partial charge >= 0.3 is 0 Å². The van der Waals surface area contributed by atoms with Gasteiger partial charge in [0.05, 0.1) is 19.9 Å². The Hall–Kier alpha value is -2.74. The fourth-order valence-corrected chi connectivity index (χ4v) is 1.99. The largest absolute Gasteiger partial charge is 0.497 e. The molecular formula is C15H14N2O3. The Kier molecular flexibility index (Phi) is 3.76. The maximum absolute atomic E-state index is 12.3. The molecule has 5 nitrogen and oxygen atoms in total. The van der Waals surface area contributed by atoms with E-state index in [0.717, 1.165) is 0 Å². The Morgan fingerprint density at radius 2 is 1.90 bits per heavy atom. The van der Waals surface area contributed by atoms with Gasteiger partial charge in [0, 0.05) is 11.8 Å². The first kappa shape index (κ1) is 13.7. The molecule has 1 aromatic heterocycles. The normalized spacial score (nSPS) is 9.90. The van der Waals surface area contributed by atoms with E-state index in [9.17, 15) is 4.79 Å². The number of ether oxygens (including phenoxy) is 2. The zero-order valence-corrected chi connectivity index (χ0v) is 11.5. The maximum atomic E-state index is 12.3. The predicted molar refractivity (Wildman–Crippen MR) is 74.6 cm³/mol. The van der Waals surface area contributed by atoms with E-state index in [0.29, 0.717) is 22.9 Å². The molecule has 1 heterocycles. The first-order valence-corrected chi connectivity index (χ1v) is 5.97. The minimum atomic E-state index is -0.376. The molecule has 0 N–H and O–H groups in total. The second kappa shape index (κ2) is 5.49. The Morgan fingerprint density at radius 3 is 2.50 bits per heavy atom. The first-order chi connectivity index (χ1) is 9.62. The second-order valence-corrected chi connectivity index (χ2v) is 4.18. The highest BCUT2D eigenvalue weighted by Gasteiger charge is 2.13. The van der Waals surface area contributed by atoms with Gasteiger partial charge in [-0.25, -0.2) is 0 Å². The van der Waals surface area contributed by atoms with Crippen molar-refractivity contribution in [3.05, 3.63) is 51.9 Å². The number of nitriles is 1. The van der Waals surface area contributed by atoms with Crippen LogP contribution in [0.4, 0.5) is 0 Å². The van der Waals surface area contributed by atoms with Crippen molar-refractivity contribution in [2.24, 2.45) is 0 Å². The number of benzene rings is 1. The lowest BCUT2D eigenvalue weighted by atomic mass is 10.2. The van der Waals surface area contributed by atoms with Crippen LogP contribution in [0.5, 0.6) is 11.5 Å². The van der Waals surface area contributed by atoms with Crippen molar-refractivity contribution < 1.29 is 9.47 Å². The molecule has 0 amide bonds. The molecule has 5 heteroatoms. The molecule has 20 heavy (non-hydrogen) atoms. The van der Waals surface area contributed by atoms with Gasteiger partial charge < -0.3 is 9.47 Å². The highest BCUT2D eigenvalue weighted by molar-refractivity contribution is 5.53. The predicted octanol–water partition coefficient (Wildman–Crippen LogP) is 2.03. The van der Waals surface area contributed by atoms with Crippen molar-refractivity contribution >= 4 is 0 Å². The Labute approximate surface area is 116 Å². The third-order valence-electron chi connectivity index (χ3n) is 3.02. The van der Waals surface area contributed by atoms with Crippen LogP contribution >= 0.6 is 0 Å². The van der Waals surface area contributed by atoms with E-state index in [-0.39, 0.29) is 11.1 Å². The average molecular weight is 270 g/mol. The summed E-state index contributed by atoms with van der Waals surface area (Å²) in [5.41, 5.74) is 0.964. The summed E-state index contributed by atoms with van der Waals surface area (Å²) in [6.45, 7) is 1.79. The molecule has 0 aliphatic heterocycles. The average Bonchev–Trinajstić information content (AvgIpc) is 2.47. The first-order valence-electron chi connectivity index (χ1n) is 5.97. The molecule has 2 aromatic rings. The van der Waals surface area contributed by atoms with Gasteiger partial charge in [-0.05, 0) is 31.2 Å². The van der Waals surface area contributed by atoms with Crippen LogP contribution in [0.2, 0.25) is 0 Å². The van der Waals surface area contributed by atoms with E-state index >= 15 is 0 Å². The van der Waals surface area contributed by atoms with Crippen molar-refractivity contribution in [2.75, 3.05) is 14.2 Å². The van der Waals surface area contributed by atoms with Crippen LogP contribution in [0.15, 0.2) is 35.1 Å². The molecule has 0 radical (unpaired) electrons. The van der Waals surface area contributed by atoms with Crippen LogP contribution in [0.1, 0.15) is 11.3 Å². The number of methoxy groups -OCH3 is 2. The summed E-state index contributed by atoms with van der Waals surface area (Å²) in [4.78, 5) is 12.3. The van der Waals surface area contributed by atoms with E-state index < -0.39 is 0 Å². The molecule has 0 bridgehead atoms. The summed E-state index contributed by atoms with van der Waals surface area (Å²) in [5, 5.41) is 8.99. The third-order valence-corrected chi connectivity index (χ3v) is 3.02. The fourth-order valence-electron chi connectivity index (χ4n) is 1.99. The monoisotopic (exact) mass is 270 g/mol. The molecule has 0 saturated carbocycles. The zero-order valence-electron chi connectivity index (χ0n) is 11.5. The second-order valence-electron chi connectivity index (χ2n) is 4.18. The van der Waals surface area contributed by atoms with Crippen molar-refractivity contribution in [2.45, 2.75) is 6.92 Å². The molecule has 0 spiro atoms. The number of aromatic nitrogens is 1. The lowest BCUT2D eigenvalue weighted by Gasteiger charge is -2.15. The summed E-state index contributed by atoms with van der Waals surface area (Å²) in [6, 6.07) is 10.3. The van der Waals surface area contributed by atoms with E-state index in [2.05, 4.69) is 0 Å². The number of rotatable bonds is 3. The smallest absolute Gasteiger partial charge is 0.273 e. The molecule has 0 unspecified atom stereocenters. The van der Waals surface area contributed by atoms with Crippen LogP contribution in [-0.4, -0.2) is 18.8 Å². The van der Waals surface area contributed by atoms with Crippen LogP contribution < -0.4 is 15.0 Å². The minimum Gasteiger partial charge on any atom is -0.497 e. The molecule has 102 valence electrons. The highest BCUT2D eigenvalue weighted by atomic mass is 16.5. The van der Waals surface area contributed by atoms with Crippen LogP contribution in [-0.2, 0) is 0 Å². The maximum Gasteiger partial charge on any atom is 0.273 e.